The van der Waals surface area contributed by atoms with E-state index < -0.39 is 188 Å². The van der Waals surface area contributed by atoms with Crippen molar-refractivity contribution in [3.63, 3.8) is 0 Å². The molecule has 0 amide bonds. The molecule has 0 spiro atoms. The molecule has 5 heterocycles. The van der Waals surface area contributed by atoms with Gasteiger partial charge in [-0.05, 0) is 162 Å². The van der Waals surface area contributed by atoms with Gasteiger partial charge in [0, 0.05) is 115 Å². The van der Waals surface area contributed by atoms with Crippen molar-refractivity contribution >= 4 is 76.5 Å². The van der Waals surface area contributed by atoms with Gasteiger partial charge in [0.05, 0.1) is 52.7 Å². The molecule has 2 aliphatic rings. The molecular weight excluding hydrogens is 1400 g/mol. The number of hydrogen-bond donors (Lipinski definition) is 0. The number of fused-ring (bicyclic) bond motifs is 12. The van der Waals surface area contributed by atoms with Gasteiger partial charge in [0.2, 0.25) is 0 Å². The average molecular weight is 1520 g/mol. The monoisotopic (exact) mass is 1520 g/mol. The minimum Gasteiger partial charge on any atom is -0.510 e. The Morgan fingerprint density at radius 1 is 0.490 bits per heavy atom. The number of para-hydroxylation sites is 7. The zero-order chi connectivity index (χ0) is 100. The summed E-state index contributed by atoms with van der Waals surface area (Å²) in [4.78, 5) is 5.03. The van der Waals surface area contributed by atoms with Crippen LogP contribution in [0.2, 0.25) is 0 Å². The van der Waals surface area contributed by atoms with Gasteiger partial charge in [-0.2, -0.15) is 18.2 Å². The first-order valence-corrected chi connectivity index (χ1v) is 31.9. The van der Waals surface area contributed by atoms with Gasteiger partial charge in [-0.25, -0.2) is 4.98 Å². The van der Waals surface area contributed by atoms with Crippen LogP contribution >= 0.6 is 0 Å². The van der Waals surface area contributed by atoms with Gasteiger partial charge in [-0.15, -0.1) is 24.3 Å². The summed E-state index contributed by atoms with van der Waals surface area (Å²) in [6.45, 7) is -30.4. The molecule has 0 bridgehead atoms. The van der Waals surface area contributed by atoms with Crippen molar-refractivity contribution < 1.29 is 82.5 Å². The Morgan fingerprint density at radius 3 is 1.64 bits per heavy atom. The molecule has 0 fully saturated rings. The van der Waals surface area contributed by atoms with E-state index in [0.29, 0.717) is 22.2 Å². The zero-order valence-electron chi connectivity index (χ0n) is 91.5. The number of pyridine rings is 1. The van der Waals surface area contributed by atoms with E-state index in [9.17, 15) is 35.6 Å². The third-order valence-corrected chi connectivity index (χ3v) is 18.8. The quantitative estimate of drug-likeness (QED) is 0.107. The molecule has 11 aromatic carbocycles. The second-order valence-corrected chi connectivity index (χ2v) is 26.1. The molecule has 0 radical (unpaired) electrons. The standard InChI is InChI=1S/C92H80N6O.Pt/c1-88(2,3)60-46-51-93-84(54-60)97-80-37-23-38-81(98-77-34-17-14-28-68(77)69-31-22-39-82(87(69)98)96-75-32-15-12-26-66(75)67-27-13-16-33-76(67)96)85(80)70-43-42-63(56-83(70)97)99-62-25-20-24-61(55-62)94-57-95(79-36-19-18-35-78(79)94)86-64(58-40-44-71-73(52-58)91(8,9)49-47-89(71,4)5)29-21-30-65(86)59-41-45-72-74(53-59)92(10,11)50-48-90(72,6)7;/h12-46,51-54H,47-50H2,1-11H3;/q-2;/i4D3,5D3,6D3,7D3,8D3,9D3,10D3,11D3,40D,41D,44D,45D,47D2,48D2,49D2,50D2,52D,53D;. The van der Waals surface area contributed by atoms with Crippen LogP contribution in [0.15, 0.2) is 237 Å². The maximum atomic E-state index is 10.5. The molecule has 8 heteroatoms. The minimum atomic E-state index is -4.88. The van der Waals surface area contributed by atoms with Crippen LogP contribution in [0.5, 0.6) is 11.5 Å². The van der Waals surface area contributed by atoms with Crippen LogP contribution in [0.4, 0.5) is 0 Å². The molecule has 0 unspecified atom stereocenters. The van der Waals surface area contributed by atoms with Crippen molar-refractivity contribution in [1.82, 2.24) is 23.3 Å². The number of nitrogens with zero attached hydrogens (tertiary/aromatic N) is 6. The number of imidazole rings is 1. The maximum absolute atomic E-state index is 10.5. The summed E-state index contributed by atoms with van der Waals surface area (Å²) >= 11 is 0. The van der Waals surface area contributed by atoms with Crippen LogP contribution in [0.25, 0.3) is 127 Å². The summed E-state index contributed by atoms with van der Waals surface area (Å²) in [5, 5.41) is 5.56. The van der Waals surface area contributed by atoms with Crippen LogP contribution < -0.4 is 9.30 Å². The summed E-state index contributed by atoms with van der Waals surface area (Å²) in [6.07, 6.45) is -14.5. The van der Waals surface area contributed by atoms with Crippen LogP contribution in [0.1, 0.15) is 181 Å². The molecule has 2 aliphatic carbocycles. The van der Waals surface area contributed by atoms with Crippen LogP contribution in [-0.2, 0) is 48.1 Å². The predicted molar refractivity (Wildman–Crippen MR) is 409 cm³/mol. The van der Waals surface area contributed by atoms with Gasteiger partial charge in [0.15, 0.2) is 0 Å². The fraction of sp³-hybridized carbons (Fsp3) is 0.217. The van der Waals surface area contributed by atoms with Gasteiger partial charge < -0.3 is 23.0 Å². The second-order valence-electron chi connectivity index (χ2n) is 26.1. The maximum Gasteiger partial charge on any atom is 0.268 e. The van der Waals surface area contributed by atoms with E-state index in [4.69, 9.17) is 26.2 Å². The van der Waals surface area contributed by atoms with Gasteiger partial charge in [-0.1, -0.05) is 238 Å². The van der Waals surface area contributed by atoms with Crippen molar-refractivity contribution in [2.24, 2.45) is 0 Å². The van der Waals surface area contributed by atoms with Gasteiger partial charge >= 0.3 is 0 Å². The van der Waals surface area contributed by atoms with Crippen LogP contribution in [0.3, 0.4) is 0 Å². The zero-order valence-corrected chi connectivity index (χ0v) is 55.7. The number of ether oxygens (including phenoxy) is 1. The fourth-order valence-electron chi connectivity index (χ4n) is 14.2. The molecule has 100 heavy (non-hydrogen) atoms. The third-order valence-electron chi connectivity index (χ3n) is 18.8. The minimum absolute atomic E-state index is 0. The molecule has 7 nitrogen and oxygen atoms in total. The van der Waals surface area contributed by atoms with Crippen molar-refractivity contribution in [2.45, 2.75) is 128 Å². The Morgan fingerprint density at radius 2 is 1.01 bits per heavy atom. The van der Waals surface area contributed by atoms with E-state index in [-0.39, 0.29) is 54.7 Å². The van der Waals surface area contributed by atoms with E-state index in [1.54, 1.807) is 12.3 Å². The average Bonchev–Trinajstić information content (AvgIpc) is 0.699. The topological polar surface area (TPSA) is 45.7 Å². The van der Waals surface area contributed by atoms with Crippen molar-refractivity contribution in [2.75, 3.05) is 0 Å². The van der Waals surface area contributed by atoms with E-state index in [1.165, 1.54) is 47.0 Å². The van der Waals surface area contributed by atoms with Gasteiger partial charge in [0.1, 0.15) is 5.82 Å². The Bertz CT molecular complexity index is 7500. The summed E-state index contributed by atoms with van der Waals surface area (Å²) in [5.41, 5.74) is -24.9. The van der Waals surface area contributed by atoms with E-state index in [1.807, 2.05) is 71.3 Å². The SMILES string of the molecule is [2H]c1c([2H])c2c(c([2H])c1-c1cccc(-c3c([2H])c([2H])c4c(c3[2H])C(C([2H])([2H])[2H])(C([2H])([2H])[2H])C([2H])([2H])C([2H])([2H])C4(C([2H])([2H])[2H])C([2H])([2H])[2H])c1-[n+]1[c-]n(-c3[c-]c(Oc4[c-]c5c(cc4)c4c(-n6c7ccccc7c7cccc(-n8c9ccccc9c9ccccc98)c76)cccc4n5-c4cc(C(C)(C)C)ccn4)ccc3)c3ccccc31)C(C([2H])([2H])[2H])(C([2H])([2H])[2H])C([2H])([2H])C([2H])([2H])C2(C([2H])([2H])[2H])C([2H])([2H])[2H].[Pt]. The molecule has 0 saturated heterocycles. The normalized spacial score (nSPS) is 24.0. The molecular formula is C92H80N6OPt-2. The number of benzene rings is 11. The summed E-state index contributed by atoms with van der Waals surface area (Å²) < 4.78 is 372. The Hall–Kier alpha value is -10.1. The Kier molecular flexibility index (Phi) is 7.89. The first-order valence-electron chi connectivity index (χ1n) is 50.9. The van der Waals surface area contributed by atoms with Crippen molar-refractivity contribution in [3.8, 4) is 62.3 Å². The van der Waals surface area contributed by atoms with Gasteiger partial charge in [0.25, 0.3) is 6.33 Å². The summed E-state index contributed by atoms with van der Waals surface area (Å²) in [5.74, 6) is 0.554. The van der Waals surface area contributed by atoms with Gasteiger partial charge in [-0.3, -0.25) is 4.57 Å². The summed E-state index contributed by atoms with van der Waals surface area (Å²) in [6, 6.07) is 53.7. The molecule has 0 saturated carbocycles. The first-order chi connectivity index (χ1) is 63.3. The fourth-order valence-corrected chi connectivity index (χ4v) is 14.2. The Labute approximate surface area is 653 Å². The largest absolute Gasteiger partial charge is 0.510 e. The smallest absolute Gasteiger partial charge is 0.268 e. The number of hydrogen-bond acceptors (Lipinski definition) is 2. The molecule has 496 valence electrons. The molecule has 5 aromatic heterocycles. The number of rotatable bonds is 9. The van der Waals surface area contributed by atoms with Crippen LogP contribution in [-0.4, -0.2) is 23.3 Å². The Balaban J connectivity index is 0.0000132. The molecule has 0 aliphatic heterocycles. The predicted octanol–water partition coefficient (Wildman–Crippen LogP) is 23.1. The van der Waals surface area contributed by atoms with Crippen molar-refractivity contribution in [3.05, 3.63) is 283 Å². The summed E-state index contributed by atoms with van der Waals surface area (Å²) in [7, 11) is 0. The van der Waals surface area contributed by atoms with Crippen LogP contribution in [0, 0.1) is 18.5 Å². The van der Waals surface area contributed by atoms with Crippen molar-refractivity contribution in [1.29, 1.82) is 0 Å². The van der Waals surface area contributed by atoms with E-state index in [0.717, 1.165) is 88.7 Å². The third kappa shape index (κ3) is 9.91. The van der Waals surface area contributed by atoms with E-state index >= 15 is 0 Å². The molecule has 0 N–H and O–H groups in total. The van der Waals surface area contributed by atoms with E-state index in [2.05, 4.69) is 109 Å². The molecule has 0 atom stereocenters. The molecule has 18 rings (SSSR count). The molecule has 16 aromatic rings. The first kappa shape index (κ1) is 34.3. The second kappa shape index (κ2) is 23.0. The number of aromatic nitrogens is 6.